The lowest BCUT2D eigenvalue weighted by Crippen LogP contribution is -2.10. The molecule has 0 radical (unpaired) electrons. The maximum Gasteiger partial charge on any atom is 0.316 e. The predicted octanol–water partition coefficient (Wildman–Crippen LogP) is 3.69. The zero-order valence-corrected chi connectivity index (χ0v) is 13.0. The maximum absolute atomic E-state index is 13.1. The van der Waals surface area contributed by atoms with Crippen LogP contribution < -0.4 is 4.74 Å². The van der Waals surface area contributed by atoms with E-state index >= 15 is 0 Å². The average molecular weight is 323 g/mol. The Bertz CT molecular complexity index is 630. The summed E-state index contributed by atoms with van der Waals surface area (Å²) < 4.78 is 18.4. The summed E-state index contributed by atoms with van der Waals surface area (Å²) in [5.74, 6) is -0.657. The van der Waals surface area contributed by atoms with Crippen LogP contribution in [0.2, 0.25) is 0 Å². The predicted molar refractivity (Wildman–Crippen MR) is 81.5 cm³/mol. The lowest BCUT2D eigenvalue weighted by atomic mass is 9.91. The van der Waals surface area contributed by atoms with E-state index in [1.54, 1.807) is 24.5 Å². The van der Waals surface area contributed by atoms with Gasteiger partial charge in [-0.15, -0.1) is 0 Å². The van der Waals surface area contributed by atoms with Crippen LogP contribution in [0.3, 0.4) is 0 Å². The number of aromatic nitrogens is 2. The van der Waals surface area contributed by atoms with Gasteiger partial charge in [0.2, 0.25) is 5.24 Å². The average Bonchev–Trinajstić information content (AvgIpc) is 2.46. The number of rotatable bonds is 6. The summed E-state index contributed by atoms with van der Waals surface area (Å²) in [7, 11) is 0. The van der Waals surface area contributed by atoms with Crippen LogP contribution in [-0.2, 0) is 4.79 Å². The van der Waals surface area contributed by atoms with Gasteiger partial charge in [0.1, 0.15) is 5.82 Å². The second kappa shape index (κ2) is 7.31. The Hall–Kier alpha value is -2.01. The second-order valence-electron chi connectivity index (χ2n) is 5.13. The van der Waals surface area contributed by atoms with Gasteiger partial charge in [0.15, 0.2) is 0 Å². The van der Waals surface area contributed by atoms with Crippen molar-refractivity contribution in [3.63, 3.8) is 0 Å². The third-order valence-electron chi connectivity index (χ3n) is 3.03. The maximum atomic E-state index is 13.1. The first kappa shape index (κ1) is 16.4. The molecule has 0 aliphatic carbocycles. The Morgan fingerprint density at radius 2 is 1.77 bits per heavy atom. The van der Waals surface area contributed by atoms with E-state index in [-0.39, 0.29) is 30.3 Å². The van der Waals surface area contributed by atoms with Gasteiger partial charge in [-0.25, -0.2) is 14.4 Å². The van der Waals surface area contributed by atoms with E-state index < -0.39 is 5.24 Å². The first-order valence-electron chi connectivity index (χ1n) is 6.88. The molecule has 0 saturated carbocycles. The van der Waals surface area contributed by atoms with Crippen molar-refractivity contribution in [2.75, 3.05) is 0 Å². The van der Waals surface area contributed by atoms with E-state index in [4.69, 9.17) is 16.3 Å². The van der Waals surface area contributed by atoms with E-state index in [1.165, 1.54) is 12.1 Å². The van der Waals surface area contributed by atoms with Crippen molar-refractivity contribution in [3.8, 4) is 6.01 Å². The normalized spacial score (nSPS) is 12.2. The van der Waals surface area contributed by atoms with Crippen LogP contribution in [0.5, 0.6) is 6.01 Å². The highest BCUT2D eigenvalue weighted by Gasteiger charge is 2.18. The van der Waals surface area contributed by atoms with Gasteiger partial charge in [-0.05, 0) is 48.7 Å². The van der Waals surface area contributed by atoms with E-state index in [9.17, 15) is 9.18 Å². The lowest BCUT2D eigenvalue weighted by Gasteiger charge is -2.16. The first-order valence-corrected chi connectivity index (χ1v) is 7.26. The summed E-state index contributed by atoms with van der Waals surface area (Å²) in [4.78, 5) is 19.6. The molecule has 1 unspecified atom stereocenters. The minimum Gasteiger partial charge on any atom is -0.461 e. The molecule has 0 bridgehead atoms. The summed E-state index contributed by atoms with van der Waals surface area (Å²) in [5, 5.41) is -0.475. The number of ether oxygens (including phenoxy) is 1. The number of hydrogen-bond donors (Lipinski definition) is 0. The Morgan fingerprint density at radius 3 is 2.27 bits per heavy atom. The van der Waals surface area contributed by atoms with Crippen LogP contribution in [0.25, 0.3) is 0 Å². The van der Waals surface area contributed by atoms with Crippen LogP contribution in [0.15, 0.2) is 36.7 Å². The zero-order valence-electron chi connectivity index (χ0n) is 12.3. The number of nitrogens with zero attached hydrogens (tertiary/aromatic N) is 2. The standard InChI is InChI=1S/C16H16ClFN2O2/c1-10(2)22-16-19-8-12(9-20-16)14(7-15(17)21)11-3-5-13(18)6-4-11/h3-6,8-10,14H,7H2,1-2H3. The Labute approximate surface area is 133 Å². The van der Waals surface area contributed by atoms with E-state index in [2.05, 4.69) is 9.97 Å². The highest BCUT2D eigenvalue weighted by molar-refractivity contribution is 6.63. The largest absolute Gasteiger partial charge is 0.461 e. The molecule has 2 aromatic rings. The van der Waals surface area contributed by atoms with Crippen LogP contribution in [0.1, 0.15) is 37.3 Å². The Morgan fingerprint density at radius 1 is 1.18 bits per heavy atom. The number of carbonyl (C=O) groups is 1. The summed E-state index contributed by atoms with van der Waals surface area (Å²) in [6.07, 6.45) is 3.25. The van der Waals surface area contributed by atoms with Gasteiger partial charge in [0, 0.05) is 24.7 Å². The fraction of sp³-hybridized carbons (Fsp3) is 0.312. The van der Waals surface area contributed by atoms with Gasteiger partial charge < -0.3 is 4.74 Å². The molecule has 0 saturated heterocycles. The van der Waals surface area contributed by atoms with Gasteiger partial charge in [0.05, 0.1) is 6.10 Å². The molecular formula is C16H16ClFN2O2. The summed E-state index contributed by atoms with van der Waals surface area (Å²) in [5.41, 5.74) is 1.49. The number of halogens is 2. The molecule has 4 nitrogen and oxygen atoms in total. The quantitative estimate of drug-likeness (QED) is 0.761. The lowest BCUT2D eigenvalue weighted by molar-refractivity contribution is -0.111. The summed E-state index contributed by atoms with van der Waals surface area (Å²) >= 11 is 5.53. The monoisotopic (exact) mass is 322 g/mol. The molecule has 22 heavy (non-hydrogen) atoms. The van der Waals surface area contributed by atoms with Crippen molar-refractivity contribution < 1.29 is 13.9 Å². The van der Waals surface area contributed by atoms with Crippen LogP contribution in [0.4, 0.5) is 4.39 Å². The fourth-order valence-electron chi connectivity index (χ4n) is 2.06. The highest BCUT2D eigenvalue weighted by atomic mass is 35.5. The van der Waals surface area contributed by atoms with Crippen molar-refractivity contribution in [2.24, 2.45) is 0 Å². The smallest absolute Gasteiger partial charge is 0.316 e. The minimum atomic E-state index is -0.475. The summed E-state index contributed by atoms with van der Waals surface area (Å²) in [6.45, 7) is 3.76. The molecule has 6 heteroatoms. The molecule has 0 spiro atoms. The number of carbonyl (C=O) groups excluding carboxylic acids is 1. The molecule has 116 valence electrons. The number of benzene rings is 1. The van der Waals surface area contributed by atoms with Crippen molar-refractivity contribution in [1.29, 1.82) is 0 Å². The molecule has 1 atom stereocenters. The molecular weight excluding hydrogens is 307 g/mol. The van der Waals surface area contributed by atoms with E-state index in [0.29, 0.717) is 0 Å². The van der Waals surface area contributed by atoms with Gasteiger partial charge in [0.25, 0.3) is 0 Å². The highest BCUT2D eigenvalue weighted by Crippen LogP contribution is 2.28. The van der Waals surface area contributed by atoms with Crippen molar-refractivity contribution in [1.82, 2.24) is 9.97 Å². The molecule has 0 aliphatic rings. The SMILES string of the molecule is CC(C)Oc1ncc(C(CC(=O)Cl)c2ccc(F)cc2)cn1. The van der Waals surface area contributed by atoms with Crippen molar-refractivity contribution >= 4 is 16.8 Å². The Balaban J connectivity index is 2.28. The number of hydrogen-bond acceptors (Lipinski definition) is 4. The fourth-order valence-corrected chi connectivity index (χ4v) is 2.22. The van der Waals surface area contributed by atoms with Gasteiger partial charge in [-0.3, -0.25) is 4.79 Å². The van der Waals surface area contributed by atoms with Gasteiger partial charge in [-0.2, -0.15) is 0 Å². The van der Waals surface area contributed by atoms with E-state index in [1.807, 2.05) is 13.8 Å². The Kier molecular flexibility index (Phi) is 5.44. The molecule has 1 aromatic heterocycles. The molecule has 0 amide bonds. The van der Waals surface area contributed by atoms with Gasteiger partial charge >= 0.3 is 6.01 Å². The van der Waals surface area contributed by atoms with E-state index in [0.717, 1.165) is 11.1 Å². The third kappa shape index (κ3) is 4.49. The van der Waals surface area contributed by atoms with Gasteiger partial charge in [-0.1, -0.05) is 12.1 Å². The van der Waals surface area contributed by atoms with Crippen LogP contribution in [-0.4, -0.2) is 21.3 Å². The van der Waals surface area contributed by atoms with Crippen molar-refractivity contribution in [3.05, 3.63) is 53.6 Å². The minimum absolute atomic E-state index is 0.0248. The first-order chi connectivity index (χ1) is 10.5. The molecule has 1 heterocycles. The molecule has 0 N–H and O–H groups in total. The molecule has 2 rings (SSSR count). The van der Waals surface area contributed by atoms with Crippen molar-refractivity contribution in [2.45, 2.75) is 32.3 Å². The van der Waals surface area contributed by atoms with Crippen LogP contribution >= 0.6 is 11.6 Å². The summed E-state index contributed by atoms with van der Waals surface area (Å²) in [6, 6.07) is 6.21. The zero-order chi connectivity index (χ0) is 16.1. The van der Waals surface area contributed by atoms with Crippen LogP contribution in [0, 0.1) is 5.82 Å². The second-order valence-corrected chi connectivity index (χ2v) is 5.55. The molecule has 0 aliphatic heterocycles. The third-order valence-corrected chi connectivity index (χ3v) is 3.18. The molecule has 1 aromatic carbocycles. The topological polar surface area (TPSA) is 52.1 Å². The molecule has 0 fully saturated rings.